The normalized spacial score (nSPS) is 10.8. The summed E-state index contributed by atoms with van der Waals surface area (Å²) >= 11 is 4.94. The number of methoxy groups -OCH3 is 1. The van der Waals surface area contributed by atoms with E-state index in [1.54, 1.807) is 18.9 Å². The lowest BCUT2D eigenvalue weighted by atomic mass is 10.0. The first-order valence-electron chi connectivity index (χ1n) is 9.18. The van der Waals surface area contributed by atoms with Crippen LogP contribution in [0.5, 0.6) is 5.75 Å². The topological polar surface area (TPSA) is 60.3 Å². The average molecular weight is 467 g/mol. The summed E-state index contributed by atoms with van der Waals surface area (Å²) in [6.45, 7) is 5.93. The molecule has 1 aromatic heterocycles. The Bertz CT molecular complexity index is 929. The fourth-order valence-electron chi connectivity index (χ4n) is 3.21. The molecule has 0 unspecified atom stereocenters. The van der Waals surface area contributed by atoms with Gasteiger partial charge in [0.2, 0.25) is 5.43 Å². The second-order valence-electron chi connectivity index (χ2n) is 6.52. The highest BCUT2D eigenvalue weighted by molar-refractivity contribution is 9.10. The van der Waals surface area contributed by atoms with Crippen molar-refractivity contribution in [3.05, 3.63) is 54.9 Å². The third-order valence-electron chi connectivity index (χ3n) is 4.96. The summed E-state index contributed by atoms with van der Waals surface area (Å²) in [5.74, 6) is 0.968. The highest BCUT2D eigenvalue weighted by Crippen LogP contribution is 2.29. The number of carbonyl (C=O) groups is 1. The molecule has 0 atom stereocenters. The van der Waals surface area contributed by atoms with Crippen molar-refractivity contribution in [2.24, 2.45) is 7.05 Å². The summed E-state index contributed by atoms with van der Waals surface area (Å²) in [4.78, 5) is 26.2. The highest BCUT2D eigenvalue weighted by Gasteiger charge is 2.23. The Morgan fingerprint density at radius 3 is 2.29 bits per heavy atom. The van der Waals surface area contributed by atoms with E-state index in [2.05, 4.69) is 21.2 Å². The standard InChI is InChI=1S/C21H27BrN2O3S/c1-7-13-9-15(27-5)10-14(8-2)19(13)23-21(26)17-16(11-28-6)24(4)12(3)18(22)20(17)25/h9-10H,7-8,11H2,1-6H3,(H,23,26). The minimum atomic E-state index is -0.375. The molecule has 0 saturated heterocycles. The number of hydrogen-bond acceptors (Lipinski definition) is 4. The van der Waals surface area contributed by atoms with Gasteiger partial charge in [0.1, 0.15) is 11.3 Å². The Hall–Kier alpha value is -1.73. The molecule has 2 rings (SSSR count). The minimum absolute atomic E-state index is 0.189. The number of hydrogen-bond donors (Lipinski definition) is 1. The fourth-order valence-corrected chi connectivity index (χ4v) is 4.29. The molecule has 1 heterocycles. The number of aryl methyl sites for hydroxylation is 2. The van der Waals surface area contributed by atoms with E-state index < -0.39 is 0 Å². The fraction of sp³-hybridized carbons (Fsp3) is 0.429. The van der Waals surface area contributed by atoms with E-state index in [4.69, 9.17) is 4.74 Å². The lowest BCUT2D eigenvalue weighted by Gasteiger charge is -2.20. The molecule has 28 heavy (non-hydrogen) atoms. The third kappa shape index (κ3) is 4.30. The molecule has 0 radical (unpaired) electrons. The van der Waals surface area contributed by atoms with Crippen LogP contribution in [0.1, 0.15) is 46.7 Å². The van der Waals surface area contributed by atoms with Crippen molar-refractivity contribution >= 4 is 39.3 Å². The maximum atomic E-state index is 13.3. The second kappa shape index (κ2) is 9.65. The van der Waals surface area contributed by atoms with E-state index in [-0.39, 0.29) is 16.9 Å². The van der Waals surface area contributed by atoms with Gasteiger partial charge in [-0.15, -0.1) is 0 Å². The summed E-state index contributed by atoms with van der Waals surface area (Å²) in [7, 11) is 3.51. The Labute approximate surface area is 179 Å². The largest absolute Gasteiger partial charge is 0.497 e. The Morgan fingerprint density at radius 1 is 1.25 bits per heavy atom. The number of carbonyl (C=O) groups excluding carboxylic acids is 1. The van der Waals surface area contributed by atoms with Gasteiger partial charge in [-0.05, 0) is 65.2 Å². The molecule has 0 aliphatic rings. The molecule has 0 bridgehead atoms. The first-order chi connectivity index (χ1) is 13.3. The van der Waals surface area contributed by atoms with E-state index in [1.807, 2.05) is 50.8 Å². The summed E-state index contributed by atoms with van der Waals surface area (Å²) < 4.78 is 7.72. The number of thioether (sulfide) groups is 1. The van der Waals surface area contributed by atoms with Crippen LogP contribution in [0.25, 0.3) is 0 Å². The molecule has 7 heteroatoms. The maximum absolute atomic E-state index is 13.3. The molecule has 0 aliphatic carbocycles. The van der Waals surface area contributed by atoms with Gasteiger partial charge in [0, 0.05) is 29.9 Å². The summed E-state index contributed by atoms with van der Waals surface area (Å²) in [6, 6.07) is 3.86. The van der Waals surface area contributed by atoms with Gasteiger partial charge in [0.25, 0.3) is 5.91 Å². The van der Waals surface area contributed by atoms with Gasteiger partial charge < -0.3 is 14.6 Å². The predicted octanol–water partition coefficient (Wildman–Crippen LogP) is 4.70. The molecular weight excluding hydrogens is 440 g/mol. The van der Waals surface area contributed by atoms with Crippen molar-refractivity contribution in [3.8, 4) is 5.75 Å². The number of pyridine rings is 1. The number of nitrogens with zero attached hydrogens (tertiary/aromatic N) is 1. The Morgan fingerprint density at radius 2 is 1.82 bits per heavy atom. The van der Waals surface area contributed by atoms with E-state index in [1.165, 1.54) is 0 Å². The predicted molar refractivity (Wildman–Crippen MR) is 121 cm³/mol. The number of benzene rings is 1. The number of nitrogens with one attached hydrogen (secondary N) is 1. The van der Waals surface area contributed by atoms with Crippen molar-refractivity contribution < 1.29 is 9.53 Å². The van der Waals surface area contributed by atoms with Gasteiger partial charge in [-0.2, -0.15) is 11.8 Å². The van der Waals surface area contributed by atoms with Crippen molar-refractivity contribution in [3.63, 3.8) is 0 Å². The molecule has 1 amide bonds. The second-order valence-corrected chi connectivity index (χ2v) is 8.18. The smallest absolute Gasteiger partial charge is 0.261 e. The summed E-state index contributed by atoms with van der Waals surface area (Å²) in [5.41, 5.74) is 4.18. The molecule has 1 N–H and O–H groups in total. The first-order valence-corrected chi connectivity index (χ1v) is 11.4. The van der Waals surface area contributed by atoms with Crippen molar-refractivity contribution in [2.75, 3.05) is 18.7 Å². The number of halogens is 1. The Kier molecular flexibility index (Phi) is 7.78. The van der Waals surface area contributed by atoms with Gasteiger partial charge in [0.15, 0.2) is 0 Å². The monoisotopic (exact) mass is 466 g/mol. The van der Waals surface area contributed by atoms with Crippen LogP contribution in [0.4, 0.5) is 5.69 Å². The lowest BCUT2D eigenvalue weighted by molar-refractivity contribution is 0.102. The van der Waals surface area contributed by atoms with Gasteiger partial charge in [-0.3, -0.25) is 9.59 Å². The van der Waals surface area contributed by atoms with E-state index in [0.717, 1.165) is 46.8 Å². The van der Waals surface area contributed by atoms with Gasteiger partial charge >= 0.3 is 0 Å². The van der Waals surface area contributed by atoms with Crippen LogP contribution >= 0.6 is 27.7 Å². The van der Waals surface area contributed by atoms with Crippen LogP contribution in [0, 0.1) is 6.92 Å². The van der Waals surface area contributed by atoms with E-state index in [0.29, 0.717) is 10.2 Å². The quantitative estimate of drug-likeness (QED) is 0.641. The lowest BCUT2D eigenvalue weighted by Crippen LogP contribution is -2.29. The van der Waals surface area contributed by atoms with Crippen molar-refractivity contribution in [1.82, 2.24) is 4.57 Å². The van der Waals surface area contributed by atoms with Crippen LogP contribution in [-0.2, 0) is 25.6 Å². The SMILES string of the molecule is CCc1cc(OC)cc(CC)c1NC(=O)c1c(CSC)n(C)c(C)c(Br)c1=O. The van der Waals surface area contributed by atoms with Gasteiger partial charge in [0.05, 0.1) is 11.6 Å². The number of amides is 1. The summed E-state index contributed by atoms with van der Waals surface area (Å²) in [5, 5.41) is 3.02. The molecule has 0 aliphatic heterocycles. The van der Waals surface area contributed by atoms with E-state index in [9.17, 15) is 9.59 Å². The molecule has 2 aromatic rings. The summed E-state index contributed by atoms with van der Waals surface area (Å²) in [6.07, 6.45) is 3.44. The minimum Gasteiger partial charge on any atom is -0.497 e. The van der Waals surface area contributed by atoms with Crippen LogP contribution in [-0.4, -0.2) is 23.8 Å². The highest BCUT2D eigenvalue weighted by atomic mass is 79.9. The number of aromatic nitrogens is 1. The van der Waals surface area contributed by atoms with Crippen molar-refractivity contribution in [2.45, 2.75) is 39.4 Å². The molecule has 5 nitrogen and oxygen atoms in total. The average Bonchev–Trinajstić information content (AvgIpc) is 2.70. The first kappa shape index (κ1) is 22.6. The number of rotatable bonds is 7. The third-order valence-corrected chi connectivity index (χ3v) is 6.46. The Balaban J connectivity index is 2.62. The number of anilines is 1. The van der Waals surface area contributed by atoms with Crippen LogP contribution in [0.3, 0.4) is 0 Å². The zero-order valence-corrected chi connectivity index (χ0v) is 19.6. The molecule has 0 saturated carbocycles. The molecule has 0 spiro atoms. The van der Waals surface area contributed by atoms with Crippen LogP contribution in [0.15, 0.2) is 21.4 Å². The van der Waals surface area contributed by atoms with Crippen molar-refractivity contribution in [1.29, 1.82) is 0 Å². The van der Waals surface area contributed by atoms with Crippen LogP contribution < -0.4 is 15.5 Å². The van der Waals surface area contributed by atoms with Gasteiger partial charge in [-0.25, -0.2) is 0 Å². The molecule has 0 fully saturated rings. The molecular formula is C21H27BrN2O3S. The zero-order valence-electron chi connectivity index (χ0n) is 17.2. The number of ether oxygens (including phenoxy) is 1. The zero-order chi connectivity index (χ0) is 21.0. The van der Waals surface area contributed by atoms with E-state index >= 15 is 0 Å². The van der Waals surface area contributed by atoms with Crippen LogP contribution in [0.2, 0.25) is 0 Å². The maximum Gasteiger partial charge on any atom is 0.261 e. The molecule has 1 aromatic carbocycles. The van der Waals surface area contributed by atoms with Gasteiger partial charge in [-0.1, -0.05) is 13.8 Å². The molecule has 152 valence electrons.